The lowest BCUT2D eigenvalue weighted by Crippen LogP contribution is -2.43. The van der Waals surface area contributed by atoms with Crippen molar-refractivity contribution in [3.8, 4) is 11.1 Å². The van der Waals surface area contributed by atoms with Gasteiger partial charge in [0.05, 0.1) is 5.57 Å². The molecule has 2 N–H and O–H groups in total. The van der Waals surface area contributed by atoms with Crippen LogP contribution in [0, 0.1) is 11.3 Å². The third kappa shape index (κ3) is 7.53. The van der Waals surface area contributed by atoms with Crippen molar-refractivity contribution in [1.82, 2.24) is 4.90 Å². The summed E-state index contributed by atoms with van der Waals surface area (Å²) >= 11 is 0. The molecule has 2 aromatic carbocycles. The second-order valence-electron chi connectivity index (χ2n) is 13.0. The van der Waals surface area contributed by atoms with Crippen molar-refractivity contribution in [2.24, 2.45) is 16.3 Å². The van der Waals surface area contributed by atoms with Crippen LogP contribution in [0.5, 0.6) is 0 Å². The Hall–Kier alpha value is -3.94. The quantitative estimate of drug-likeness (QED) is 0.200. The Labute approximate surface area is 254 Å². The number of aliphatic imine (C=N–C) groups is 1. The van der Waals surface area contributed by atoms with E-state index < -0.39 is 18.1 Å². The molecule has 2 aliphatic rings. The molecule has 2 aromatic rings. The Morgan fingerprint density at radius 3 is 2.19 bits per heavy atom. The zero-order chi connectivity index (χ0) is 31.3. The number of nitrogens with zero attached hydrogens (tertiary/aromatic N) is 2. The molecule has 8 heteroatoms. The van der Waals surface area contributed by atoms with Gasteiger partial charge >= 0.3 is 12.1 Å². The summed E-state index contributed by atoms with van der Waals surface area (Å²) in [6.45, 7) is 8.54. The van der Waals surface area contributed by atoms with E-state index in [-0.39, 0.29) is 41.8 Å². The fourth-order valence-electron chi connectivity index (χ4n) is 6.22. The molecule has 8 nitrogen and oxygen atoms in total. The van der Waals surface area contributed by atoms with Gasteiger partial charge in [0.15, 0.2) is 5.78 Å². The smallest absolute Gasteiger partial charge is 0.410 e. The Kier molecular flexibility index (Phi) is 10.1. The van der Waals surface area contributed by atoms with Crippen LogP contribution in [0.15, 0.2) is 64.9 Å². The summed E-state index contributed by atoms with van der Waals surface area (Å²) in [5.41, 5.74) is 5.13. The lowest BCUT2D eigenvalue weighted by Gasteiger charge is -2.30. The molecule has 0 radical (unpaired) electrons. The molecule has 0 aliphatic heterocycles. The zero-order valence-corrected chi connectivity index (χ0v) is 25.9. The SMILES string of the molecule is CC(C)CC(=NCCCC[C@H](C(=O)O)N(C)C(=O)OCC1c2ccccc2-c2ccccc21)C1=C(O)CC(C)(C)CC1=O. The van der Waals surface area contributed by atoms with Crippen molar-refractivity contribution in [2.45, 2.75) is 78.2 Å². The standard InChI is InChI=1S/C35H44N2O6/c1-22(2)18-28(32-30(38)19-35(3,4)20-31(32)39)36-17-11-10-16-29(33(40)41)37(5)34(42)43-21-27-25-14-8-6-12-23(25)24-13-7-9-15-26(24)27/h6-9,12-15,22,27,29,38H,10-11,16-21H2,1-5H3,(H,40,41)/t29-/m1/s1. The highest BCUT2D eigenvalue weighted by Gasteiger charge is 2.35. The van der Waals surface area contributed by atoms with Gasteiger partial charge in [-0.3, -0.25) is 14.7 Å². The first-order valence-corrected chi connectivity index (χ1v) is 15.2. The number of amides is 1. The summed E-state index contributed by atoms with van der Waals surface area (Å²) in [5, 5.41) is 20.6. The number of carboxylic acids is 1. The predicted molar refractivity (Wildman–Crippen MR) is 168 cm³/mol. The average Bonchev–Trinajstić information content (AvgIpc) is 3.25. The minimum Gasteiger partial charge on any atom is -0.511 e. The van der Waals surface area contributed by atoms with Gasteiger partial charge in [0.25, 0.3) is 0 Å². The van der Waals surface area contributed by atoms with Crippen LogP contribution in [-0.2, 0) is 14.3 Å². The van der Waals surface area contributed by atoms with Crippen molar-refractivity contribution < 1.29 is 29.3 Å². The van der Waals surface area contributed by atoms with E-state index in [9.17, 15) is 24.6 Å². The maximum Gasteiger partial charge on any atom is 0.410 e. The van der Waals surface area contributed by atoms with Crippen molar-refractivity contribution in [3.05, 3.63) is 71.0 Å². The van der Waals surface area contributed by atoms with E-state index in [4.69, 9.17) is 9.73 Å². The number of benzene rings is 2. The van der Waals surface area contributed by atoms with Crippen LogP contribution in [0.2, 0.25) is 0 Å². The number of hydrogen-bond donors (Lipinski definition) is 2. The van der Waals surface area contributed by atoms with Gasteiger partial charge in [-0.05, 0) is 59.3 Å². The summed E-state index contributed by atoms with van der Waals surface area (Å²) in [7, 11) is 1.46. The van der Waals surface area contributed by atoms with E-state index in [1.54, 1.807) is 0 Å². The fourth-order valence-corrected chi connectivity index (χ4v) is 6.22. The molecule has 230 valence electrons. The van der Waals surface area contributed by atoms with Crippen LogP contribution in [0.3, 0.4) is 0 Å². The number of aliphatic hydroxyl groups excluding tert-OH is 1. The van der Waals surface area contributed by atoms with Crippen LogP contribution < -0.4 is 0 Å². The molecule has 1 atom stereocenters. The summed E-state index contributed by atoms with van der Waals surface area (Å²) in [5.74, 6) is -0.919. The van der Waals surface area contributed by atoms with E-state index in [1.165, 1.54) is 7.05 Å². The normalized spacial score (nSPS) is 17.1. The summed E-state index contributed by atoms with van der Waals surface area (Å²) in [4.78, 5) is 43.8. The lowest BCUT2D eigenvalue weighted by atomic mass is 9.75. The van der Waals surface area contributed by atoms with Gasteiger partial charge in [0.2, 0.25) is 0 Å². The molecule has 1 amide bonds. The molecular formula is C35H44N2O6. The highest BCUT2D eigenvalue weighted by Crippen LogP contribution is 2.44. The first kappa shape index (κ1) is 32.0. The van der Waals surface area contributed by atoms with Crippen LogP contribution in [-0.4, -0.2) is 64.9 Å². The maximum atomic E-state index is 13.0. The average molecular weight is 589 g/mol. The highest BCUT2D eigenvalue weighted by molar-refractivity contribution is 6.23. The van der Waals surface area contributed by atoms with Crippen molar-refractivity contribution in [2.75, 3.05) is 20.2 Å². The van der Waals surface area contributed by atoms with Crippen molar-refractivity contribution in [1.29, 1.82) is 0 Å². The lowest BCUT2D eigenvalue weighted by molar-refractivity contribution is -0.142. The van der Waals surface area contributed by atoms with Gasteiger partial charge < -0.3 is 14.9 Å². The Morgan fingerprint density at radius 1 is 1.02 bits per heavy atom. The molecule has 0 saturated heterocycles. The van der Waals surface area contributed by atoms with Gasteiger partial charge in [-0.1, -0.05) is 76.2 Å². The number of carbonyl (C=O) groups excluding carboxylic acids is 2. The number of allylic oxidation sites excluding steroid dienone is 2. The molecule has 4 rings (SSSR count). The van der Waals surface area contributed by atoms with Crippen molar-refractivity contribution in [3.63, 3.8) is 0 Å². The molecular weight excluding hydrogens is 544 g/mol. The molecule has 0 saturated carbocycles. The zero-order valence-electron chi connectivity index (χ0n) is 25.9. The second-order valence-corrected chi connectivity index (χ2v) is 13.0. The third-order valence-corrected chi connectivity index (χ3v) is 8.31. The maximum absolute atomic E-state index is 13.0. The second kappa shape index (κ2) is 13.6. The molecule has 43 heavy (non-hydrogen) atoms. The Bertz CT molecular complexity index is 1380. The van der Waals surface area contributed by atoms with E-state index in [1.807, 2.05) is 64.1 Å². The Balaban J connectivity index is 1.34. The predicted octanol–water partition coefficient (Wildman–Crippen LogP) is 7.18. The van der Waals surface area contributed by atoms with Crippen LogP contribution in [0.25, 0.3) is 11.1 Å². The monoisotopic (exact) mass is 588 g/mol. The topological polar surface area (TPSA) is 116 Å². The summed E-state index contributed by atoms with van der Waals surface area (Å²) in [6, 6.07) is 15.1. The highest BCUT2D eigenvalue weighted by atomic mass is 16.6. The molecule has 0 spiro atoms. The van der Waals surface area contributed by atoms with Gasteiger partial charge in [-0.25, -0.2) is 9.59 Å². The first-order chi connectivity index (χ1) is 20.4. The largest absolute Gasteiger partial charge is 0.511 e. The fraction of sp³-hybridized carbons (Fsp3) is 0.486. The number of hydrogen-bond acceptors (Lipinski definition) is 6. The summed E-state index contributed by atoms with van der Waals surface area (Å²) < 4.78 is 5.67. The number of ether oxygens (including phenoxy) is 1. The number of aliphatic hydroxyl groups is 1. The van der Waals surface area contributed by atoms with Crippen molar-refractivity contribution >= 4 is 23.6 Å². The number of unbranched alkanes of at least 4 members (excludes halogenated alkanes) is 1. The van der Waals surface area contributed by atoms with E-state index in [0.29, 0.717) is 49.9 Å². The molecule has 0 bridgehead atoms. The van der Waals surface area contributed by atoms with Gasteiger partial charge in [0.1, 0.15) is 18.4 Å². The number of carboxylic acid groups (broad SMARTS) is 1. The van der Waals surface area contributed by atoms with Crippen LogP contribution >= 0.6 is 0 Å². The molecule has 0 heterocycles. The summed E-state index contributed by atoms with van der Waals surface area (Å²) in [6.07, 6.45) is 2.05. The van der Waals surface area contributed by atoms with E-state index in [2.05, 4.69) is 12.1 Å². The van der Waals surface area contributed by atoms with Crippen LogP contribution in [0.4, 0.5) is 4.79 Å². The van der Waals surface area contributed by atoms with Gasteiger partial charge in [0, 0.05) is 38.1 Å². The van der Waals surface area contributed by atoms with E-state index >= 15 is 0 Å². The third-order valence-electron chi connectivity index (χ3n) is 8.31. The number of aliphatic carboxylic acids is 1. The molecule has 0 unspecified atom stereocenters. The van der Waals surface area contributed by atoms with Gasteiger partial charge in [-0.2, -0.15) is 0 Å². The first-order valence-electron chi connectivity index (χ1n) is 15.2. The van der Waals surface area contributed by atoms with Gasteiger partial charge in [-0.15, -0.1) is 0 Å². The minimum absolute atomic E-state index is 0.0798. The van der Waals surface area contributed by atoms with E-state index in [0.717, 1.165) is 27.2 Å². The molecule has 2 aliphatic carbocycles. The molecule has 0 aromatic heterocycles. The number of rotatable bonds is 12. The Morgan fingerprint density at radius 2 is 1.63 bits per heavy atom. The number of fused-ring (bicyclic) bond motifs is 3. The minimum atomic E-state index is -1.09. The van der Waals surface area contributed by atoms with Crippen LogP contribution in [0.1, 0.15) is 83.3 Å². The molecule has 0 fully saturated rings. The number of likely N-dealkylation sites (N-methyl/N-ethyl adjacent to an activating group) is 1. The number of ketones is 1. The number of Topliss-reactive ketones (excluding diaryl/α,β-unsaturated/α-hetero) is 1. The number of carbonyl (C=O) groups is 3.